The van der Waals surface area contributed by atoms with E-state index < -0.39 is 0 Å². The molecule has 0 aromatic carbocycles. The van der Waals surface area contributed by atoms with Gasteiger partial charge in [-0.05, 0) is 39.3 Å². The van der Waals surface area contributed by atoms with Gasteiger partial charge in [-0.3, -0.25) is 4.90 Å². The minimum atomic E-state index is 0.792. The Bertz CT molecular complexity index is 148. The van der Waals surface area contributed by atoms with E-state index in [0.717, 1.165) is 12.1 Å². The molecule has 0 aromatic heterocycles. The third kappa shape index (κ3) is 3.76. The van der Waals surface area contributed by atoms with Crippen molar-refractivity contribution in [3.05, 3.63) is 0 Å². The summed E-state index contributed by atoms with van der Waals surface area (Å²) in [5, 5.41) is 3.35. The summed E-state index contributed by atoms with van der Waals surface area (Å²) < 4.78 is 0. The van der Waals surface area contributed by atoms with Crippen molar-refractivity contribution < 1.29 is 0 Å². The molecule has 0 amide bonds. The fourth-order valence-electron chi connectivity index (χ4n) is 2.90. The van der Waals surface area contributed by atoms with Gasteiger partial charge in [0.05, 0.1) is 0 Å². The molecule has 0 radical (unpaired) electrons. The smallest absolute Gasteiger partial charge is 0.0223 e. The van der Waals surface area contributed by atoms with E-state index in [1.807, 2.05) is 0 Å². The highest BCUT2D eigenvalue weighted by molar-refractivity contribution is 4.83. The number of nitrogens with zero attached hydrogens (tertiary/aromatic N) is 1. The first kappa shape index (κ1) is 13.0. The molecule has 1 rings (SSSR count). The largest absolute Gasteiger partial charge is 0.318 e. The zero-order valence-corrected chi connectivity index (χ0v) is 10.8. The van der Waals surface area contributed by atoms with Gasteiger partial charge >= 0.3 is 0 Å². The van der Waals surface area contributed by atoms with Crippen LogP contribution in [0, 0.1) is 0 Å². The first-order valence-corrected chi connectivity index (χ1v) is 6.73. The van der Waals surface area contributed by atoms with Crippen LogP contribution in [0.4, 0.5) is 0 Å². The van der Waals surface area contributed by atoms with Crippen LogP contribution in [0.25, 0.3) is 0 Å². The third-order valence-corrected chi connectivity index (χ3v) is 3.67. The van der Waals surface area contributed by atoms with Crippen molar-refractivity contribution in [2.45, 2.75) is 64.5 Å². The van der Waals surface area contributed by atoms with Gasteiger partial charge in [0, 0.05) is 18.6 Å². The van der Waals surface area contributed by atoms with E-state index >= 15 is 0 Å². The van der Waals surface area contributed by atoms with E-state index in [4.69, 9.17) is 0 Å². The van der Waals surface area contributed by atoms with Crippen molar-refractivity contribution in [1.29, 1.82) is 0 Å². The van der Waals surface area contributed by atoms with Crippen LogP contribution in [-0.2, 0) is 0 Å². The number of likely N-dealkylation sites (N-methyl/N-ethyl adjacent to an activating group) is 1. The quantitative estimate of drug-likeness (QED) is 0.728. The molecular weight excluding hydrogens is 184 g/mol. The van der Waals surface area contributed by atoms with Gasteiger partial charge in [-0.25, -0.2) is 0 Å². The summed E-state index contributed by atoms with van der Waals surface area (Å²) in [6.45, 7) is 7.14. The summed E-state index contributed by atoms with van der Waals surface area (Å²) in [5.74, 6) is 0. The Morgan fingerprint density at radius 2 is 2.13 bits per heavy atom. The molecule has 0 aromatic rings. The minimum absolute atomic E-state index is 0.792. The van der Waals surface area contributed by atoms with Gasteiger partial charge in [-0.15, -0.1) is 0 Å². The fourth-order valence-corrected chi connectivity index (χ4v) is 2.90. The van der Waals surface area contributed by atoms with Crippen LogP contribution < -0.4 is 5.32 Å². The van der Waals surface area contributed by atoms with Crippen LogP contribution in [0.2, 0.25) is 0 Å². The molecule has 2 unspecified atom stereocenters. The number of hydrogen-bond donors (Lipinski definition) is 1. The number of rotatable bonds is 6. The predicted molar refractivity (Wildman–Crippen MR) is 67.3 cm³/mol. The molecule has 2 nitrogen and oxygen atoms in total. The lowest BCUT2D eigenvalue weighted by Gasteiger charge is -2.41. The Labute approximate surface area is 95.4 Å². The van der Waals surface area contributed by atoms with Crippen molar-refractivity contribution in [2.75, 3.05) is 20.1 Å². The molecule has 1 N–H and O–H groups in total. The highest BCUT2D eigenvalue weighted by Gasteiger charge is 2.26. The third-order valence-electron chi connectivity index (χ3n) is 3.67. The molecule has 90 valence electrons. The van der Waals surface area contributed by atoms with Crippen molar-refractivity contribution in [3.63, 3.8) is 0 Å². The predicted octanol–water partition coefficient (Wildman–Crippen LogP) is 2.64. The summed E-state index contributed by atoms with van der Waals surface area (Å²) in [7, 11) is 2.08. The molecule has 1 saturated heterocycles. The van der Waals surface area contributed by atoms with Gasteiger partial charge in [-0.1, -0.05) is 26.7 Å². The molecule has 1 fully saturated rings. The lowest BCUT2D eigenvalue weighted by molar-refractivity contribution is 0.0866. The van der Waals surface area contributed by atoms with Crippen molar-refractivity contribution >= 4 is 0 Å². The maximum Gasteiger partial charge on any atom is 0.0223 e. The summed E-state index contributed by atoms with van der Waals surface area (Å²) >= 11 is 0. The summed E-state index contributed by atoms with van der Waals surface area (Å²) in [6, 6.07) is 1.62. The maximum absolute atomic E-state index is 3.35. The molecule has 0 bridgehead atoms. The SMILES string of the molecule is CCCC(CC)N1CCCCC1CNC. The average Bonchev–Trinajstić information content (AvgIpc) is 2.27. The van der Waals surface area contributed by atoms with Gasteiger partial charge in [0.2, 0.25) is 0 Å². The van der Waals surface area contributed by atoms with Gasteiger partial charge in [-0.2, -0.15) is 0 Å². The van der Waals surface area contributed by atoms with Gasteiger partial charge in [0.15, 0.2) is 0 Å². The Morgan fingerprint density at radius 1 is 1.33 bits per heavy atom. The minimum Gasteiger partial charge on any atom is -0.318 e. The second kappa shape index (κ2) is 7.24. The standard InChI is InChI=1S/C13H28N2/c1-4-8-12(5-2)15-10-7-6-9-13(15)11-14-3/h12-14H,4-11H2,1-3H3. The molecule has 0 aliphatic carbocycles. The zero-order valence-electron chi connectivity index (χ0n) is 10.8. The zero-order chi connectivity index (χ0) is 11.1. The highest BCUT2D eigenvalue weighted by Crippen LogP contribution is 2.22. The second-order valence-corrected chi connectivity index (χ2v) is 4.80. The molecule has 15 heavy (non-hydrogen) atoms. The fraction of sp³-hybridized carbons (Fsp3) is 1.00. The summed E-state index contributed by atoms with van der Waals surface area (Å²) in [4.78, 5) is 2.77. The molecule has 0 saturated carbocycles. The van der Waals surface area contributed by atoms with Crippen LogP contribution in [0.1, 0.15) is 52.4 Å². The Kier molecular flexibility index (Phi) is 6.26. The average molecular weight is 212 g/mol. The van der Waals surface area contributed by atoms with Crippen molar-refractivity contribution in [1.82, 2.24) is 10.2 Å². The Balaban J connectivity index is 2.52. The van der Waals surface area contributed by atoms with Gasteiger partial charge in [0.25, 0.3) is 0 Å². The topological polar surface area (TPSA) is 15.3 Å². The van der Waals surface area contributed by atoms with E-state index in [1.54, 1.807) is 0 Å². The summed E-state index contributed by atoms with van der Waals surface area (Å²) in [6.07, 6.45) is 8.22. The molecule has 2 atom stereocenters. The van der Waals surface area contributed by atoms with E-state index in [9.17, 15) is 0 Å². The molecule has 1 heterocycles. The van der Waals surface area contributed by atoms with E-state index in [0.29, 0.717) is 0 Å². The first-order chi connectivity index (χ1) is 7.33. The molecule has 0 spiro atoms. The Morgan fingerprint density at radius 3 is 2.73 bits per heavy atom. The van der Waals surface area contributed by atoms with Crippen LogP contribution in [-0.4, -0.2) is 37.1 Å². The first-order valence-electron chi connectivity index (χ1n) is 6.73. The van der Waals surface area contributed by atoms with Crippen LogP contribution >= 0.6 is 0 Å². The van der Waals surface area contributed by atoms with Gasteiger partial charge in [0.1, 0.15) is 0 Å². The molecular formula is C13H28N2. The van der Waals surface area contributed by atoms with Crippen molar-refractivity contribution in [3.8, 4) is 0 Å². The normalized spacial score (nSPS) is 25.4. The number of hydrogen-bond acceptors (Lipinski definition) is 2. The number of nitrogens with one attached hydrogen (secondary N) is 1. The van der Waals surface area contributed by atoms with Crippen LogP contribution in [0.15, 0.2) is 0 Å². The molecule has 1 aliphatic rings. The van der Waals surface area contributed by atoms with E-state index in [-0.39, 0.29) is 0 Å². The van der Waals surface area contributed by atoms with E-state index in [2.05, 4.69) is 31.1 Å². The monoisotopic (exact) mass is 212 g/mol. The number of likely N-dealkylation sites (tertiary alicyclic amines) is 1. The number of piperidine rings is 1. The van der Waals surface area contributed by atoms with E-state index in [1.165, 1.54) is 51.6 Å². The maximum atomic E-state index is 3.35. The molecule has 1 aliphatic heterocycles. The summed E-state index contributed by atoms with van der Waals surface area (Å²) in [5.41, 5.74) is 0. The highest BCUT2D eigenvalue weighted by atomic mass is 15.2. The van der Waals surface area contributed by atoms with Crippen LogP contribution in [0.3, 0.4) is 0 Å². The molecule has 2 heteroatoms. The van der Waals surface area contributed by atoms with Crippen LogP contribution in [0.5, 0.6) is 0 Å². The van der Waals surface area contributed by atoms with Crippen molar-refractivity contribution in [2.24, 2.45) is 0 Å². The Hall–Kier alpha value is -0.0800. The van der Waals surface area contributed by atoms with Gasteiger partial charge < -0.3 is 5.32 Å². The second-order valence-electron chi connectivity index (χ2n) is 4.80. The lowest BCUT2D eigenvalue weighted by atomic mass is 9.96. The lowest BCUT2D eigenvalue weighted by Crippen LogP contribution is -2.49.